The van der Waals surface area contributed by atoms with E-state index in [-0.39, 0.29) is 29.9 Å². The molecule has 2 atom stereocenters. The van der Waals surface area contributed by atoms with Gasteiger partial charge in [-0.2, -0.15) is 0 Å². The van der Waals surface area contributed by atoms with Crippen molar-refractivity contribution in [1.82, 2.24) is 0 Å². The molecule has 0 aromatic heterocycles. The van der Waals surface area contributed by atoms with Gasteiger partial charge in [-0.25, -0.2) is 0 Å². The first-order valence-electron chi connectivity index (χ1n) is 8.74. The fourth-order valence-electron chi connectivity index (χ4n) is 3.19. The molecule has 2 rings (SSSR count). The second-order valence-electron chi connectivity index (χ2n) is 6.37. The van der Waals surface area contributed by atoms with Crippen molar-refractivity contribution in [2.45, 2.75) is 70.8 Å². The van der Waals surface area contributed by atoms with Crippen LogP contribution < -0.4 is 0 Å². The first-order chi connectivity index (χ1) is 10.7. The van der Waals surface area contributed by atoms with Gasteiger partial charge in [-0.15, -0.1) is 0 Å². The third kappa shape index (κ3) is 4.85. The molecule has 0 amide bonds. The van der Waals surface area contributed by atoms with Gasteiger partial charge in [-0.3, -0.25) is 9.59 Å². The van der Waals surface area contributed by atoms with Gasteiger partial charge in [-0.05, 0) is 44.9 Å². The minimum Gasteiger partial charge on any atom is -0.465 e. The summed E-state index contributed by atoms with van der Waals surface area (Å²) in [5.74, 6) is -1.21. The van der Waals surface area contributed by atoms with Crippen LogP contribution in [0, 0.1) is 11.8 Å². The Hall–Kier alpha value is -1.32. The number of carbonyl (C=O) groups excluding carboxylic acids is 2. The molecule has 124 valence electrons. The van der Waals surface area contributed by atoms with E-state index < -0.39 is 0 Å². The number of carbonyl (C=O) groups is 2. The lowest BCUT2D eigenvalue weighted by molar-refractivity contribution is -0.165. The lowest BCUT2D eigenvalue weighted by Crippen LogP contribution is -2.35. The summed E-state index contributed by atoms with van der Waals surface area (Å²) in [7, 11) is 0. The first-order valence-corrected chi connectivity index (χ1v) is 8.74. The SMILES string of the molecule is CCCCOC(=O)C1CC=CCC1C(=O)OC1CCCCC1. The molecule has 1 saturated carbocycles. The summed E-state index contributed by atoms with van der Waals surface area (Å²) in [5.41, 5.74) is 0. The highest BCUT2D eigenvalue weighted by molar-refractivity contribution is 5.82. The van der Waals surface area contributed by atoms with Crippen molar-refractivity contribution < 1.29 is 19.1 Å². The van der Waals surface area contributed by atoms with Gasteiger partial charge in [0.05, 0.1) is 18.4 Å². The van der Waals surface area contributed by atoms with Gasteiger partial charge in [0.1, 0.15) is 6.10 Å². The zero-order chi connectivity index (χ0) is 15.8. The van der Waals surface area contributed by atoms with Gasteiger partial charge in [0, 0.05) is 0 Å². The fourth-order valence-corrected chi connectivity index (χ4v) is 3.19. The van der Waals surface area contributed by atoms with Crippen molar-refractivity contribution in [3.63, 3.8) is 0 Å². The Morgan fingerprint density at radius 1 is 1.00 bits per heavy atom. The molecule has 1 fully saturated rings. The summed E-state index contributed by atoms with van der Waals surface area (Å²) in [5, 5.41) is 0. The molecular weight excluding hydrogens is 280 g/mol. The molecule has 2 unspecified atom stereocenters. The van der Waals surface area contributed by atoms with Crippen molar-refractivity contribution in [2.75, 3.05) is 6.61 Å². The Kier molecular flexibility index (Phi) is 6.94. The Morgan fingerprint density at radius 2 is 1.64 bits per heavy atom. The number of hydrogen-bond acceptors (Lipinski definition) is 4. The summed E-state index contributed by atoms with van der Waals surface area (Å²) in [6, 6.07) is 0. The molecule has 2 aliphatic carbocycles. The fraction of sp³-hybridized carbons (Fsp3) is 0.778. The van der Waals surface area contributed by atoms with Crippen LogP contribution in [0.3, 0.4) is 0 Å². The van der Waals surface area contributed by atoms with Crippen LogP contribution in [0.5, 0.6) is 0 Å². The number of esters is 2. The third-order valence-electron chi connectivity index (χ3n) is 4.62. The average Bonchev–Trinajstić information content (AvgIpc) is 2.56. The van der Waals surface area contributed by atoms with Crippen LogP contribution in [0.15, 0.2) is 12.2 Å². The topological polar surface area (TPSA) is 52.6 Å². The van der Waals surface area contributed by atoms with Gasteiger partial charge in [-0.1, -0.05) is 31.9 Å². The van der Waals surface area contributed by atoms with E-state index in [1.54, 1.807) is 0 Å². The zero-order valence-electron chi connectivity index (χ0n) is 13.6. The molecule has 0 bridgehead atoms. The molecule has 0 aromatic carbocycles. The first kappa shape index (κ1) is 17.0. The van der Waals surface area contributed by atoms with Crippen molar-refractivity contribution in [3.05, 3.63) is 12.2 Å². The summed E-state index contributed by atoms with van der Waals surface area (Å²) in [6.45, 7) is 2.50. The number of ether oxygens (including phenoxy) is 2. The van der Waals surface area contributed by atoms with Crippen molar-refractivity contribution in [3.8, 4) is 0 Å². The maximum Gasteiger partial charge on any atom is 0.310 e. The van der Waals surface area contributed by atoms with E-state index >= 15 is 0 Å². The van der Waals surface area contributed by atoms with Gasteiger partial charge < -0.3 is 9.47 Å². The monoisotopic (exact) mass is 308 g/mol. The highest BCUT2D eigenvalue weighted by Gasteiger charge is 2.37. The standard InChI is InChI=1S/C18H28O4/c1-2-3-13-21-17(19)15-11-7-8-12-16(15)18(20)22-14-9-5-4-6-10-14/h7-8,14-16H,2-6,9-13H2,1H3. The van der Waals surface area contributed by atoms with Crippen molar-refractivity contribution in [2.24, 2.45) is 11.8 Å². The maximum atomic E-state index is 12.4. The Bertz CT molecular complexity index is 396. The van der Waals surface area contributed by atoms with Crippen LogP contribution in [0.4, 0.5) is 0 Å². The molecule has 0 spiro atoms. The summed E-state index contributed by atoms with van der Waals surface area (Å²) >= 11 is 0. The molecule has 0 heterocycles. The lowest BCUT2D eigenvalue weighted by Gasteiger charge is -2.28. The Balaban J connectivity index is 1.89. The number of unbranched alkanes of at least 4 members (excludes halogenated alkanes) is 1. The van der Waals surface area contributed by atoms with Crippen LogP contribution in [-0.2, 0) is 19.1 Å². The Labute approximate surface area is 133 Å². The van der Waals surface area contributed by atoms with E-state index in [2.05, 4.69) is 6.92 Å². The second kappa shape index (κ2) is 8.96. The molecule has 0 saturated heterocycles. The molecule has 2 aliphatic rings. The van der Waals surface area contributed by atoms with E-state index in [0.29, 0.717) is 19.4 Å². The van der Waals surface area contributed by atoms with Gasteiger partial charge in [0.15, 0.2) is 0 Å². The van der Waals surface area contributed by atoms with Crippen LogP contribution in [0.2, 0.25) is 0 Å². The van der Waals surface area contributed by atoms with Crippen LogP contribution in [0.25, 0.3) is 0 Å². The maximum absolute atomic E-state index is 12.4. The number of allylic oxidation sites excluding steroid dienone is 2. The average molecular weight is 308 g/mol. The van der Waals surface area contributed by atoms with Gasteiger partial charge in [0.25, 0.3) is 0 Å². The van der Waals surface area contributed by atoms with E-state index in [1.165, 1.54) is 6.42 Å². The van der Waals surface area contributed by atoms with E-state index in [0.717, 1.165) is 38.5 Å². The summed E-state index contributed by atoms with van der Waals surface area (Å²) in [6.07, 6.45) is 12.4. The van der Waals surface area contributed by atoms with Crippen molar-refractivity contribution in [1.29, 1.82) is 0 Å². The Morgan fingerprint density at radius 3 is 2.27 bits per heavy atom. The smallest absolute Gasteiger partial charge is 0.310 e. The normalized spacial score (nSPS) is 25.7. The van der Waals surface area contributed by atoms with Crippen LogP contribution >= 0.6 is 0 Å². The zero-order valence-corrected chi connectivity index (χ0v) is 13.6. The molecule has 4 nitrogen and oxygen atoms in total. The lowest BCUT2D eigenvalue weighted by atomic mass is 9.83. The molecule has 4 heteroatoms. The van der Waals surface area contributed by atoms with Crippen LogP contribution in [-0.4, -0.2) is 24.6 Å². The predicted molar refractivity (Wildman–Crippen MR) is 84.2 cm³/mol. The number of rotatable bonds is 6. The molecular formula is C18H28O4. The largest absolute Gasteiger partial charge is 0.465 e. The summed E-state index contributed by atoms with van der Waals surface area (Å²) in [4.78, 5) is 24.7. The van der Waals surface area contributed by atoms with Crippen LogP contribution in [0.1, 0.15) is 64.7 Å². The number of hydrogen-bond donors (Lipinski definition) is 0. The molecule has 0 N–H and O–H groups in total. The van der Waals surface area contributed by atoms with Gasteiger partial charge >= 0.3 is 11.9 Å². The van der Waals surface area contributed by atoms with E-state index in [9.17, 15) is 9.59 Å². The molecule has 0 aliphatic heterocycles. The molecule has 0 radical (unpaired) electrons. The van der Waals surface area contributed by atoms with E-state index in [1.807, 2.05) is 12.2 Å². The third-order valence-corrected chi connectivity index (χ3v) is 4.62. The minimum atomic E-state index is -0.377. The highest BCUT2D eigenvalue weighted by atomic mass is 16.5. The quantitative estimate of drug-likeness (QED) is 0.425. The van der Waals surface area contributed by atoms with Crippen molar-refractivity contribution >= 4 is 11.9 Å². The van der Waals surface area contributed by atoms with Gasteiger partial charge in [0.2, 0.25) is 0 Å². The minimum absolute atomic E-state index is 0.0453. The second-order valence-corrected chi connectivity index (χ2v) is 6.37. The molecule has 0 aromatic rings. The van der Waals surface area contributed by atoms with E-state index in [4.69, 9.17) is 9.47 Å². The molecule has 22 heavy (non-hydrogen) atoms. The highest BCUT2D eigenvalue weighted by Crippen LogP contribution is 2.30. The summed E-state index contributed by atoms with van der Waals surface area (Å²) < 4.78 is 11.0. The predicted octanol–water partition coefficient (Wildman–Crippen LogP) is 3.79.